The first-order valence-corrected chi connectivity index (χ1v) is 7.76. The number of H-pyrrole nitrogens is 1. The molecular weight excluding hydrogens is 288 g/mol. The highest BCUT2D eigenvalue weighted by atomic mass is 32.1. The van der Waals surface area contributed by atoms with E-state index in [4.69, 9.17) is 4.74 Å². The maximum atomic E-state index is 12.0. The Morgan fingerprint density at radius 3 is 3.00 bits per heavy atom. The van der Waals surface area contributed by atoms with Crippen LogP contribution in [-0.4, -0.2) is 34.1 Å². The second kappa shape index (κ2) is 6.71. The van der Waals surface area contributed by atoms with Crippen LogP contribution in [-0.2, 0) is 21.4 Å². The van der Waals surface area contributed by atoms with Gasteiger partial charge in [-0.1, -0.05) is 0 Å². The fourth-order valence-corrected chi connectivity index (χ4v) is 2.69. The number of hydrogen-bond donors (Lipinski definition) is 2. The molecule has 2 N–H and O–H groups in total. The summed E-state index contributed by atoms with van der Waals surface area (Å²) < 4.78 is 5.09. The van der Waals surface area contributed by atoms with Crippen molar-refractivity contribution in [3.8, 4) is 0 Å². The van der Waals surface area contributed by atoms with Gasteiger partial charge in [0.1, 0.15) is 5.41 Å². The molecule has 6 nitrogen and oxygen atoms in total. The van der Waals surface area contributed by atoms with Crippen LogP contribution in [0.15, 0.2) is 17.9 Å². The highest BCUT2D eigenvalue weighted by molar-refractivity contribution is 7.13. The van der Waals surface area contributed by atoms with Gasteiger partial charge in [0.2, 0.25) is 0 Å². The Labute approximate surface area is 128 Å². The third-order valence-corrected chi connectivity index (χ3v) is 3.96. The van der Waals surface area contributed by atoms with Crippen LogP contribution in [0.3, 0.4) is 0 Å². The molecule has 0 aliphatic heterocycles. The zero-order valence-electron chi connectivity index (χ0n) is 12.5. The number of carbonyl (C=O) groups excluding carboxylic acids is 1. The summed E-state index contributed by atoms with van der Waals surface area (Å²) in [5.41, 5.74) is 1.08. The summed E-state index contributed by atoms with van der Waals surface area (Å²) in [7, 11) is 0. The number of anilines is 1. The molecule has 21 heavy (non-hydrogen) atoms. The molecular formula is C14H20N4O2S. The van der Waals surface area contributed by atoms with Crippen LogP contribution in [0.4, 0.5) is 5.13 Å². The van der Waals surface area contributed by atoms with Crippen molar-refractivity contribution >= 4 is 22.4 Å². The van der Waals surface area contributed by atoms with Crippen LogP contribution in [0, 0.1) is 0 Å². The molecule has 0 saturated carbocycles. The van der Waals surface area contributed by atoms with Crippen molar-refractivity contribution in [3.05, 3.63) is 29.3 Å². The van der Waals surface area contributed by atoms with Crippen molar-refractivity contribution in [1.82, 2.24) is 15.0 Å². The van der Waals surface area contributed by atoms with E-state index < -0.39 is 5.41 Å². The Morgan fingerprint density at radius 2 is 2.33 bits per heavy atom. The van der Waals surface area contributed by atoms with Crippen molar-refractivity contribution in [2.45, 2.75) is 32.6 Å². The third-order valence-electron chi connectivity index (χ3n) is 3.16. The lowest BCUT2D eigenvalue weighted by atomic mass is 9.90. The van der Waals surface area contributed by atoms with Crippen LogP contribution in [0.25, 0.3) is 0 Å². The summed E-state index contributed by atoms with van der Waals surface area (Å²) in [6, 6.07) is 0. The van der Waals surface area contributed by atoms with Crippen LogP contribution in [0.2, 0.25) is 0 Å². The Balaban J connectivity index is 1.92. The molecule has 2 rings (SSSR count). The lowest BCUT2D eigenvalue weighted by Crippen LogP contribution is -2.31. The molecule has 0 aliphatic carbocycles. The van der Waals surface area contributed by atoms with E-state index in [1.54, 1.807) is 19.4 Å². The van der Waals surface area contributed by atoms with E-state index in [2.05, 4.69) is 20.3 Å². The van der Waals surface area contributed by atoms with Gasteiger partial charge in [-0.25, -0.2) is 9.97 Å². The van der Waals surface area contributed by atoms with Gasteiger partial charge in [0.15, 0.2) is 5.13 Å². The first-order valence-electron chi connectivity index (χ1n) is 6.88. The summed E-state index contributed by atoms with van der Waals surface area (Å²) in [6.07, 6.45) is 4.31. The largest absolute Gasteiger partial charge is 0.465 e. The molecule has 0 aromatic carbocycles. The monoisotopic (exact) mass is 308 g/mol. The van der Waals surface area contributed by atoms with Crippen LogP contribution in [0.1, 0.15) is 32.2 Å². The van der Waals surface area contributed by atoms with Gasteiger partial charge >= 0.3 is 5.97 Å². The summed E-state index contributed by atoms with van der Waals surface area (Å²) >= 11 is 1.49. The molecule has 2 aromatic rings. The number of aromatic nitrogens is 3. The number of carbonyl (C=O) groups is 1. The fraction of sp³-hybridized carbons (Fsp3) is 0.500. The SMILES string of the molecule is CCOC(=O)C(C)(C)c1csc(NCCc2cnc[nH]2)n1. The highest BCUT2D eigenvalue weighted by Gasteiger charge is 2.33. The van der Waals surface area contributed by atoms with E-state index in [-0.39, 0.29) is 5.97 Å². The topological polar surface area (TPSA) is 79.9 Å². The lowest BCUT2D eigenvalue weighted by Gasteiger charge is -2.19. The molecule has 0 atom stereocenters. The van der Waals surface area contributed by atoms with Gasteiger partial charge < -0.3 is 15.0 Å². The molecule has 0 aliphatic rings. The minimum atomic E-state index is -0.726. The van der Waals surface area contributed by atoms with Gasteiger partial charge in [-0.3, -0.25) is 4.79 Å². The summed E-state index contributed by atoms with van der Waals surface area (Å²) in [6.45, 7) is 6.59. The molecule has 2 aromatic heterocycles. The van der Waals surface area contributed by atoms with Crippen LogP contribution < -0.4 is 5.32 Å². The molecule has 0 saturated heterocycles. The molecule has 0 fully saturated rings. The van der Waals surface area contributed by atoms with Crippen molar-refractivity contribution < 1.29 is 9.53 Å². The molecule has 0 spiro atoms. The maximum absolute atomic E-state index is 12.0. The van der Waals surface area contributed by atoms with Gasteiger partial charge in [-0.05, 0) is 20.8 Å². The predicted molar refractivity (Wildman–Crippen MR) is 82.6 cm³/mol. The smallest absolute Gasteiger partial charge is 0.317 e. The Bertz CT molecular complexity index is 578. The van der Waals surface area contributed by atoms with Gasteiger partial charge in [-0.15, -0.1) is 11.3 Å². The van der Waals surface area contributed by atoms with Crippen LogP contribution >= 0.6 is 11.3 Å². The number of aromatic amines is 1. The molecule has 0 unspecified atom stereocenters. The zero-order chi connectivity index (χ0) is 15.3. The third kappa shape index (κ3) is 3.81. The van der Waals surface area contributed by atoms with Gasteiger partial charge in [-0.2, -0.15) is 0 Å². The summed E-state index contributed by atoms with van der Waals surface area (Å²) in [5, 5.41) is 5.96. The van der Waals surface area contributed by atoms with Crippen molar-refractivity contribution in [2.24, 2.45) is 0 Å². The first-order chi connectivity index (χ1) is 10.0. The van der Waals surface area contributed by atoms with E-state index in [1.807, 2.05) is 19.2 Å². The van der Waals surface area contributed by atoms with Gasteiger partial charge in [0, 0.05) is 30.2 Å². The van der Waals surface area contributed by atoms with Gasteiger partial charge in [0.25, 0.3) is 0 Å². The van der Waals surface area contributed by atoms with Crippen molar-refractivity contribution in [2.75, 3.05) is 18.5 Å². The van der Waals surface area contributed by atoms with E-state index >= 15 is 0 Å². The van der Waals surface area contributed by atoms with E-state index in [1.165, 1.54) is 11.3 Å². The average Bonchev–Trinajstić information content (AvgIpc) is 3.10. The number of rotatable bonds is 7. The van der Waals surface area contributed by atoms with Crippen molar-refractivity contribution in [1.29, 1.82) is 0 Å². The minimum Gasteiger partial charge on any atom is -0.465 e. The predicted octanol–water partition coefficient (Wildman–Crippen LogP) is 2.36. The zero-order valence-corrected chi connectivity index (χ0v) is 13.3. The Kier molecular flexibility index (Phi) is 4.95. The highest BCUT2D eigenvalue weighted by Crippen LogP contribution is 2.28. The second-order valence-corrected chi connectivity index (χ2v) is 6.00. The number of ether oxygens (including phenoxy) is 1. The number of hydrogen-bond acceptors (Lipinski definition) is 6. The second-order valence-electron chi connectivity index (χ2n) is 5.14. The van der Waals surface area contributed by atoms with E-state index in [0.717, 1.165) is 29.5 Å². The number of nitrogens with zero attached hydrogens (tertiary/aromatic N) is 2. The lowest BCUT2D eigenvalue weighted by molar-refractivity contribution is -0.148. The number of thiazole rings is 1. The first kappa shape index (κ1) is 15.5. The number of esters is 1. The number of nitrogens with one attached hydrogen (secondary N) is 2. The maximum Gasteiger partial charge on any atom is 0.317 e. The van der Waals surface area contributed by atoms with Crippen LogP contribution in [0.5, 0.6) is 0 Å². The fourth-order valence-electron chi connectivity index (χ4n) is 1.78. The summed E-state index contributed by atoms with van der Waals surface area (Å²) in [5.74, 6) is -0.251. The molecule has 0 amide bonds. The average molecular weight is 308 g/mol. The normalized spacial score (nSPS) is 11.4. The number of imidazole rings is 1. The molecule has 2 heterocycles. The van der Waals surface area contributed by atoms with Crippen molar-refractivity contribution in [3.63, 3.8) is 0 Å². The Hall–Kier alpha value is -1.89. The molecule has 0 bridgehead atoms. The summed E-state index contributed by atoms with van der Waals surface area (Å²) in [4.78, 5) is 23.5. The van der Waals surface area contributed by atoms with Gasteiger partial charge in [0.05, 0.1) is 18.6 Å². The Morgan fingerprint density at radius 1 is 1.52 bits per heavy atom. The molecule has 114 valence electrons. The van der Waals surface area contributed by atoms with E-state index in [9.17, 15) is 4.79 Å². The van der Waals surface area contributed by atoms with E-state index in [0.29, 0.717) is 6.61 Å². The quantitative estimate of drug-likeness (QED) is 0.768. The standard InChI is InChI=1S/C14H20N4O2S/c1-4-20-12(19)14(2,3)11-8-21-13(18-11)16-6-5-10-7-15-9-17-10/h7-9H,4-6H2,1-3H3,(H,15,17)(H,16,18). The molecule has 7 heteroatoms. The molecule has 0 radical (unpaired) electrons. The minimum absolute atomic E-state index is 0.251.